The number of benzene rings is 1. The zero-order chi connectivity index (χ0) is 17.7. The number of carboxylic acid groups (broad SMARTS) is 1. The van der Waals surface area contributed by atoms with E-state index in [0.717, 1.165) is 15.3 Å². The molecule has 0 fully saturated rings. The number of hydrogen-bond donors (Lipinski definition) is 1. The highest BCUT2D eigenvalue weighted by Crippen LogP contribution is 2.35. The monoisotopic (exact) mass is 462 g/mol. The quantitative estimate of drug-likeness (QED) is 0.380. The minimum Gasteiger partial charge on any atom is -0.493 e. The fourth-order valence-corrected chi connectivity index (χ4v) is 3.36. The number of methoxy groups -OCH3 is 2. The molecule has 1 heterocycles. The standard InChI is InChI=1S/C15H15IN2O5S/c1-4-12-17-18-15(23-12)24-11(14(19)20)7-8-5-9(16)13(22-3)10(6-8)21-2/h5-7H,4H2,1-3H3,(H,19,20)/b11-7-. The van der Waals surface area contributed by atoms with Gasteiger partial charge >= 0.3 is 5.97 Å². The smallest absolute Gasteiger partial charge is 0.342 e. The van der Waals surface area contributed by atoms with Crippen LogP contribution in [0.1, 0.15) is 18.4 Å². The van der Waals surface area contributed by atoms with Crippen molar-refractivity contribution in [2.24, 2.45) is 0 Å². The fourth-order valence-electron chi connectivity index (χ4n) is 1.82. The Morgan fingerprint density at radius 2 is 2.12 bits per heavy atom. The lowest BCUT2D eigenvalue weighted by Gasteiger charge is -2.10. The summed E-state index contributed by atoms with van der Waals surface area (Å²) >= 11 is 3.01. The number of aliphatic carboxylic acids is 1. The number of halogens is 1. The summed E-state index contributed by atoms with van der Waals surface area (Å²) in [4.78, 5) is 11.6. The molecule has 0 aliphatic carbocycles. The number of carboxylic acids is 1. The average molecular weight is 462 g/mol. The van der Waals surface area contributed by atoms with Crippen LogP contribution < -0.4 is 9.47 Å². The van der Waals surface area contributed by atoms with Crippen LogP contribution >= 0.6 is 34.4 Å². The van der Waals surface area contributed by atoms with Gasteiger partial charge in [0.1, 0.15) is 4.91 Å². The number of thioether (sulfide) groups is 1. The van der Waals surface area contributed by atoms with Crippen molar-refractivity contribution in [1.82, 2.24) is 10.2 Å². The second-order valence-electron chi connectivity index (χ2n) is 4.47. The van der Waals surface area contributed by atoms with Gasteiger partial charge in [-0.05, 0) is 58.1 Å². The lowest BCUT2D eigenvalue weighted by Crippen LogP contribution is -1.98. The van der Waals surface area contributed by atoms with Crippen LogP contribution in [0.3, 0.4) is 0 Å². The van der Waals surface area contributed by atoms with Gasteiger partial charge in [0.05, 0.1) is 17.8 Å². The maximum Gasteiger partial charge on any atom is 0.342 e. The highest BCUT2D eigenvalue weighted by Gasteiger charge is 2.16. The molecule has 0 aliphatic rings. The summed E-state index contributed by atoms with van der Waals surface area (Å²) in [5.74, 6) is 0.504. The maximum absolute atomic E-state index is 11.5. The molecular weight excluding hydrogens is 447 g/mol. The number of hydrogen-bond acceptors (Lipinski definition) is 7. The van der Waals surface area contributed by atoms with Crippen molar-refractivity contribution < 1.29 is 23.8 Å². The lowest BCUT2D eigenvalue weighted by atomic mass is 10.2. The van der Waals surface area contributed by atoms with Crippen LogP contribution in [0.15, 0.2) is 26.7 Å². The number of aryl methyl sites for hydroxylation is 1. The van der Waals surface area contributed by atoms with Crippen molar-refractivity contribution in [2.45, 2.75) is 18.6 Å². The van der Waals surface area contributed by atoms with Crippen LogP contribution in [0.2, 0.25) is 0 Å². The minimum absolute atomic E-state index is 0.0596. The van der Waals surface area contributed by atoms with E-state index in [4.69, 9.17) is 13.9 Å². The highest BCUT2D eigenvalue weighted by atomic mass is 127. The predicted octanol–water partition coefficient (Wildman–Crippen LogP) is 3.47. The van der Waals surface area contributed by atoms with Crippen molar-refractivity contribution in [3.05, 3.63) is 32.1 Å². The van der Waals surface area contributed by atoms with Gasteiger partial charge in [0.15, 0.2) is 11.5 Å². The fraction of sp³-hybridized carbons (Fsp3) is 0.267. The molecule has 24 heavy (non-hydrogen) atoms. The Balaban J connectivity index is 2.37. The molecule has 1 aromatic heterocycles. The molecule has 9 heteroatoms. The summed E-state index contributed by atoms with van der Waals surface area (Å²) in [5, 5.41) is 17.3. The molecule has 0 spiro atoms. The van der Waals surface area contributed by atoms with Gasteiger partial charge in [-0.3, -0.25) is 0 Å². The first-order valence-electron chi connectivity index (χ1n) is 6.85. The van der Waals surface area contributed by atoms with Crippen LogP contribution in [0.4, 0.5) is 0 Å². The Bertz CT molecular complexity index is 775. The van der Waals surface area contributed by atoms with E-state index in [0.29, 0.717) is 29.4 Å². The molecule has 2 aromatic rings. The zero-order valence-electron chi connectivity index (χ0n) is 13.2. The Morgan fingerprint density at radius 1 is 1.38 bits per heavy atom. The molecule has 1 N–H and O–H groups in total. The minimum atomic E-state index is -1.08. The third kappa shape index (κ3) is 4.41. The third-order valence-corrected chi connectivity index (χ3v) is 4.57. The maximum atomic E-state index is 11.5. The number of nitrogens with zero attached hydrogens (tertiary/aromatic N) is 2. The second kappa shape index (κ2) is 8.38. The average Bonchev–Trinajstić information content (AvgIpc) is 3.01. The van der Waals surface area contributed by atoms with Gasteiger partial charge in [0, 0.05) is 6.42 Å². The molecule has 0 saturated carbocycles. The van der Waals surface area contributed by atoms with Crippen LogP contribution in [0.25, 0.3) is 6.08 Å². The van der Waals surface area contributed by atoms with Crippen LogP contribution in [0, 0.1) is 3.57 Å². The van der Waals surface area contributed by atoms with Crippen molar-refractivity contribution in [3.63, 3.8) is 0 Å². The molecule has 0 atom stereocenters. The van der Waals surface area contributed by atoms with E-state index in [1.54, 1.807) is 19.2 Å². The molecule has 0 radical (unpaired) electrons. The van der Waals surface area contributed by atoms with Crippen molar-refractivity contribution in [3.8, 4) is 11.5 Å². The van der Waals surface area contributed by atoms with E-state index >= 15 is 0 Å². The summed E-state index contributed by atoms with van der Waals surface area (Å²) in [5.41, 5.74) is 0.664. The normalized spacial score (nSPS) is 11.4. The van der Waals surface area contributed by atoms with Gasteiger partial charge in [0.25, 0.3) is 5.22 Å². The van der Waals surface area contributed by atoms with Crippen molar-refractivity contribution in [1.29, 1.82) is 0 Å². The first-order chi connectivity index (χ1) is 11.5. The predicted molar refractivity (Wildman–Crippen MR) is 97.4 cm³/mol. The lowest BCUT2D eigenvalue weighted by molar-refractivity contribution is -0.131. The largest absolute Gasteiger partial charge is 0.493 e. The van der Waals surface area contributed by atoms with Crippen molar-refractivity contribution in [2.75, 3.05) is 14.2 Å². The molecule has 0 saturated heterocycles. The molecule has 0 unspecified atom stereocenters. The summed E-state index contributed by atoms with van der Waals surface area (Å²) in [6.45, 7) is 1.88. The SMILES string of the molecule is CCc1nnc(S/C(=C\c2cc(I)c(OC)c(OC)c2)C(=O)O)o1. The van der Waals surface area contributed by atoms with E-state index in [2.05, 4.69) is 32.8 Å². The number of ether oxygens (including phenoxy) is 2. The van der Waals surface area contributed by atoms with Crippen LogP contribution in [-0.2, 0) is 11.2 Å². The van der Waals surface area contributed by atoms with Gasteiger partial charge < -0.3 is 19.0 Å². The van der Waals surface area contributed by atoms with E-state index in [9.17, 15) is 9.90 Å². The molecule has 0 aliphatic heterocycles. The van der Waals surface area contributed by atoms with Gasteiger partial charge in [0.2, 0.25) is 5.89 Å². The molecule has 0 amide bonds. The first-order valence-corrected chi connectivity index (χ1v) is 8.74. The number of rotatable bonds is 7. The zero-order valence-corrected chi connectivity index (χ0v) is 16.2. The Kier molecular flexibility index (Phi) is 6.49. The first kappa shape index (κ1) is 18.6. The van der Waals surface area contributed by atoms with Gasteiger partial charge in [-0.25, -0.2) is 4.79 Å². The summed E-state index contributed by atoms with van der Waals surface area (Å²) in [6, 6.07) is 3.51. The number of aromatic nitrogens is 2. The van der Waals surface area contributed by atoms with Gasteiger partial charge in [-0.2, -0.15) is 0 Å². The summed E-state index contributed by atoms with van der Waals surface area (Å²) < 4.78 is 16.7. The van der Waals surface area contributed by atoms with Crippen LogP contribution in [0.5, 0.6) is 11.5 Å². The highest BCUT2D eigenvalue weighted by molar-refractivity contribution is 14.1. The Hall–Kier alpha value is -1.75. The Labute approximate surface area is 156 Å². The topological polar surface area (TPSA) is 94.7 Å². The Morgan fingerprint density at radius 3 is 2.67 bits per heavy atom. The van der Waals surface area contributed by atoms with Gasteiger partial charge in [-0.15, -0.1) is 10.2 Å². The van der Waals surface area contributed by atoms with Crippen LogP contribution in [-0.4, -0.2) is 35.5 Å². The van der Waals surface area contributed by atoms with Gasteiger partial charge in [-0.1, -0.05) is 6.92 Å². The molecule has 128 valence electrons. The molecule has 2 rings (SSSR count). The van der Waals surface area contributed by atoms with E-state index in [-0.39, 0.29) is 10.1 Å². The molecule has 7 nitrogen and oxygen atoms in total. The van der Waals surface area contributed by atoms with Crippen molar-refractivity contribution >= 4 is 46.4 Å². The van der Waals surface area contributed by atoms with E-state index in [1.165, 1.54) is 13.2 Å². The number of carbonyl (C=O) groups is 1. The van der Waals surface area contributed by atoms with E-state index in [1.807, 2.05) is 6.92 Å². The van der Waals surface area contributed by atoms with E-state index < -0.39 is 5.97 Å². The summed E-state index contributed by atoms with van der Waals surface area (Å²) in [6.07, 6.45) is 2.11. The third-order valence-electron chi connectivity index (χ3n) is 2.91. The second-order valence-corrected chi connectivity index (χ2v) is 6.62. The molecular formula is C15H15IN2O5S. The summed E-state index contributed by atoms with van der Waals surface area (Å²) in [7, 11) is 3.08. The molecule has 1 aromatic carbocycles. The molecule has 0 bridgehead atoms.